The lowest BCUT2D eigenvalue weighted by Gasteiger charge is -2.07. The highest BCUT2D eigenvalue weighted by molar-refractivity contribution is 5.93. The van der Waals surface area contributed by atoms with E-state index in [1.165, 1.54) is 12.4 Å². The van der Waals surface area contributed by atoms with Crippen LogP contribution in [0, 0.1) is 0 Å². The zero-order valence-electron chi connectivity index (χ0n) is 9.91. The van der Waals surface area contributed by atoms with Crippen LogP contribution in [0.4, 0.5) is 13.2 Å². The van der Waals surface area contributed by atoms with Crippen LogP contribution in [-0.4, -0.2) is 21.1 Å². The van der Waals surface area contributed by atoms with E-state index < -0.39 is 23.3 Å². The van der Waals surface area contributed by atoms with Gasteiger partial charge in [-0.25, -0.2) is 0 Å². The van der Waals surface area contributed by atoms with Gasteiger partial charge >= 0.3 is 6.18 Å². The maximum atomic E-state index is 12.4. The van der Waals surface area contributed by atoms with Gasteiger partial charge in [-0.05, 0) is 12.1 Å². The number of H-pyrrole nitrogens is 2. The van der Waals surface area contributed by atoms with Crippen LogP contribution in [0.15, 0.2) is 29.3 Å². The van der Waals surface area contributed by atoms with Crippen molar-refractivity contribution in [2.45, 2.75) is 12.7 Å². The molecule has 0 spiro atoms. The minimum Gasteiger partial charge on any atom is -0.348 e. The second-order valence-corrected chi connectivity index (χ2v) is 3.90. The first kappa shape index (κ1) is 13.8. The molecule has 2 aromatic heterocycles. The predicted molar refractivity (Wildman–Crippen MR) is 61.8 cm³/mol. The summed E-state index contributed by atoms with van der Waals surface area (Å²) >= 11 is 0. The molecule has 0 unspecified atom stereocenters. The third-order valence-corrected chi connectivity index (χ3v) is 2.47. The standard InChI is InChI=1S/C11H9F3N4O2/c12-11(13,14)8-2-1-7(10(20)18-8)9(19)15-3-6-4-16-17-5-6/h1-2,4-5H,3H2,(H,15,19)(H,16,17)(H,18,20). The molecule has 106 valence electrons. The molecule has 0 atom stereocenters. The molecule has 0 aliphatic rings. The normalized spacial score (nSPS) is 11.3. The van der Waals surface area contributed by atoms with E-state index in [1.807, 2.05) is 0 Å². The van der Waals surface area contributed by atoms with Crippen LogP contribution in [0.5, 0.6) is 0 Å². The molecule has 0 saturated carbocycles. The van der Waals surface area contributed by atoms with Crippen LogP contribution in [0.25, 0.3) is 0 Å². The van der Waals surface area contributed by atoms with Gasteiger partial charge in [-0.1, -0.05) is 0 Å². The molecule has 0 aliphatic heterocycles. The van der Waals surface area contributed by atoms with Crippen molar-refractivity contribution in [3.63, 3.8) is 0 Å². The lowest BCUT2D eigenvalue weighted by molar-refractivity contribution is -0.141. The highest BCUT2D eigenvalue weighted by Gasteiger charge is 2.32. The Bertz CT molecular complexity index is 661. The Hall–Kier alpha value is -2.58. The van der Waals surface area contributed by atoms with Gasteiger partial charge in [0.25, 0.3) is 11.5 Å². The average Bonchev–Trinajstić information content (AvgIpc) is 2.87. The Morgan fingerprint density at radius 3 is 2.65 bits per heavy atom. The van der Waals surface area contributed by atoms with Crippen molar-refractivity contribution in [1.29, 1.82) is 0 Å². The largest absolute Gasteiger partial charge is 0.431 e. The Balaban J connectivity index is 2.13. The van der Waals surface area contributed by atoms with Crippen LogP contribution >= 0.6 is 0 Å². The fourth-order valence-corrected chi connectivity index (χ4v) is 1.47. The van der Waals surface area contributed by atoms with Crippen molar-refractivity contribution in [2.75, 3.05) is 0 Å². The van der Waals surface area contributed by atoms with E-state index in [0.717, 1.165) is 6.07 Å². The van der Waals surface area contributed by atoms with Gasteiger partial charge in [0.1, 0.15) is 11.3 Å². The number of hydrogen-bond donors (Lipinski definition) is 3. The molecule has 0 fully saturated rings. The van der Waals surface area contributed by atoms with E-state index in [-0.39, 0.29) is 12.1 Å². The predicted octanol–water partition coefficient (Wildman–Crippen LogP) is 1.05. The topological polar surface area (TPSA) is 90.6 Å². The summed E-state index contributed by atoms with van der Waals surface area (Å²) < 4.78 is 37.1. The van der Waals surface area contributed by atoms with Crippen LogP contribution in [-0.2, 0) is 12.7 Å². The smallest absolute Gasteiger partial charge is 0.348 e. The van der Waals surface area contributed by atoms with E-state index in [1.54, 1.807) is 4.98 Å². The number of amides is 1. The molecule has 0 aliphatic carbocycles. The van der Waals surface area contributed by atoms with Gasteiger partial charge in [-0.2, -0.15) is 18.3 Å². The molecule has 0 aromatic carbocycles. The van der Waals surface area contributed by atoms with E-state index in [2.05, 4.69) is 15.5 Å². The number of carbonyl (C=O) groups excluding carboxylic acids is 1. The van der Waals surface area contributed by atoms with E-state index in [4.69, 9.17) is 0 Å². The Morgan fingerprint density at radius 1 is 1.35 bits per heavy atom. The highest BCUT2D eigenvalue weighted by atomic mass is 19.4. The SMILES string of the molecule is O=C(NCc1cn[nH]c1)c1ccc(C(F)(F)F)[nH]c1=O. The first-order valence-corrected chi connectivity index (χ1v) is 5.44. The molecule has 3 N–H and O–H groups in total. The number of hydrogen-bond acceptors (Lipinski definition) is 3. The molecule has 1 amide bonds. The molecule has 20 heavy (non-hydrogen) atoms. The number of pyridine rings is 1. The van der Waals surface area contributed by atoms with Crippen molar-refractivity contribution in [2.24, 2.45) is 0 Å². The molecular formula is C11H9F3N4O2. The summed E-state index contributed by atoms with van der Waals surface area (Å²) in [6, 6.07) is 1.49. The number of nitrogens with one attached hydrogen (secondary N) is 3. The third kappa shape index (κ3) is 3.05. The maximum Gasteiger partial charge on any atom is 0.431 e. The minimum absolute atomic E-state index is 0.107. The lowest BCUT2D eigenvalue weighted by atomic mass is 10.2. The molecule has 2 aromatic rings. The number of halogens is 3. The molecular weight excluding hydrogens is 277 g/mol. The third-order valence-electron chi connectivity index (χ3n) is 2.47. The Morgan fingerprint density at radius 2 is 2.10 bits per heavy atom. The molecule has 0 saturated heterocycles. The molecule has 2 heterocycles. The summed E-state index contributed by atoms with van der Waals surface area (Å²) in [6.07, 6.45) is -1.65. The van der Waals surface area contributed by atoms with Crippen LogP contribution in [0.1, 0.15) is 21.6 Å². The monoisotopic (exact) mass is 286 g/mol. The zero-order valence-corrected chi connectivity index (χ0v) is 9.91. The number of alkyl halides is 3. The van der Waals surface area contributed by atoms with Crippen LogP contribution in [0.3, 0.4) is 0 Å². The second kappa shape index (κ2) is 5.19. The summed E-state index contributed by atoms with van der Waals surface area (Å²) in [6.45, 7) is 0.107. The quantitative estimate of drug-likeness (QED) is 0.787. The van der Waals surface area contributed by atoms with Gasteiger partial charge in [0.05, 0.1) is 6.20 Å². The van der Waals surface area contributed by atoms with Gasteiger partial charge in [0, 0.05) is 18.3 Å². The molecule has 6 nitrogen and oxygen atoms in total. The highest BCUT2D eigenvalue weighted by Crippen LogP contribution is 2.26. The minimum atomic E-state index is -4.66. The average molecular weight is 286 g/mol. The van der Waals surface area contributed by atoms with E-state index in [9.17, 15) is 22.8 Å². The van der Waals surface area contributed by atoms with Crippen LogP contribution < -0.4 is 10.9 Å². The molecule has 0 bridgehead atoms. The first-order valence-electron chi connectivity index (χ1n) is 5.44. The number of aromatic nitrogens is 3. The summed E-state index contributed by atoms with van der Waals surface area (Å²) in [4.78, 5) is 24.8. The fourth-order valence-electron chi connectivity index (χ4n) is 1.47. The van der Waals surface area contributed by atoms with Crippen molar-refractivity contribution in [3.05, 3.63) is 51.7 Å². The molecule has 0 radical (unpaired) electrons. The Labute approximate surface area is 110 Å². The number of nitrogens with zero attached hydrogens (tertiary/aromatic N) is 1. The van der Waals surface area contributed by atoms with E-state index in [0.29, 0.717) is 11.6 Å². The summed E-state index contributed by atoms with van der Waals surface area (Å²) in [5.74, 6) is -0.763. The molecule has 9 heteroatoms. The van der Waals surface area contributed by atoms with Gasteiger partial charge < -0.3 is 10.3 Å². The second-order valence-electron chi connectivity index (χ2n) is 3.90. The van der Waals surface area contributed by atoms with Gasteiger partial charge in [0.15, 0.2) is 0 Å². The molecule has 2 rings (SSSR count). The van der Waals surface area contributed by atoms with Crippen LogP contribution in [0.2, 0.25) is 0 Å². The number of carbonyl (C=O) groups is 1. The van der Waals surface area contributed by atoms with Crippen molar-refractivity contribution in [3.8, 4) is 0 Å². The number of rotatable bonds is 3. The Kier molecular flexibility index (Phi) is 3.59. The van der Waals surface area contributed by atoms with Crippen molar-refractivity contribution < 1.29 is 18.0 Å². The van der Waals surface area contributed by atoms with Crippen molar-refractivity contribution >= 4 is 5.91 Å². The van der Waals surface area contributed by atoms with Gasteiger partial charge in [0.2, 0.25) is 0 Å². The van der Waals surface area contributed by atoms with Crippen molar-refractivity contribution in [1.82, 2.24) is 20.5 Å². The lowest BCUT2D eigenvalue weighted by Crippen LogP contribution is -2.30. The van der Waals surface area contributed by atoms with E-state index >= 15 is 0 Å². The van der Waals surface area contributed by atoms with Gasteiger partial charge in [-0.15, -0.1) is 0 Å². The summed E-state index contributed by atoms with van der Waals surface area (Å²) in [5.41, 5.74) is -2.01. The first-order chi connectivity index (χ1) is 9.38. The van der Waals surface area contributed by atoms with Gasteiger partial charge in [-0.3, -0.25) is 14.7 Å². The zero-order chi connectivity index (χ0) is 14.8. The number of aromatic amines is 2. The summed E-state index contributed by atoms with van der Waals surface area (Å²) in [5, 5.41) is 8.59. The summed E-state index contributed by atoms with van der Waals surface area (Å²) in [7, 11) is 0. The maximum absolute atomic E-state index is 12.4. The fraction of sp³-hybridized carbons (Fsp3) is 0.182.